The number of hydrogen-bond acceptors (Lipinski definition) is 3. The summed E-state index contributed by atoms with van der Waals surface area (Å²) in [5, 5.41) is 3.08. The van der Waals surface area contributed by atoms with E-state index >= 15 is 0 Å². The highest BCUT2D eigenvalue weighted by molar-refractivity contribution is 5.92. The van der Waals surface area contributed by atoms with Gasteiger partial charge in [-0.3, -0.25) is 9.59 Å². The van der Waals surface area contributed by atoms with Crippen molar-refractivity contribution in [1.29, 1.82) is 0 Å². The lowest BCUT2D eigenvalue weighted by atomic mass is 10.0. The fraction of sp³-hybridized carbons (Fsp3) is 0.545. The molecule has 0 aliphatic carbocycles. The summed E-state index contributed by atoms with van der Waals surface area (Å²) in [7, 11) is 0. The van der Waals surface area contributed by atoms with Gasteiger partial charge in [0, 0.05) is 37.2 Å². The summed E-state index contributed by atoms with van der Waals surface area (Å²) in [6, 6.07) is 7.92. The lowest BCUT2D eigenvalue weighted by Crippen LogP contribution is -2.46. The maximum Gasteiger partial charge on any atom is 0.246 e. The fourth-order valence-corrected chi connectivity index (χ4v) is 3.13. The smallest absolute Gasteiger partial charge is 0.246 e. The van der Waals surface area contributed by atoms with Crippen molar-refractivity contribution in [2.45, 2.75) is 52.5 Å². The molecule has 148 valence electrons. The van der Waals surface area contributed by atoms with Crippen LogP contribution >= 0.6 is 0 Å². The van der Waals surface area contributed by atoms with Gasteiger partial charge in [0.15, 0.2) is 0 Å². The largest absolute Gasteiger partial charge is 0.493 e. The molecule has 5 nitrogen and oxygen atoms in total. The van der Waals surface area contributed by atoms with E-state index in [2.05, 4.69) is 12.2 Å². The number of benzene rings is 1. The van der Waals surface area contributed by atoms with E-state index < -0.39 is 0 Å². The number of nitrogens with zero attached hydrogens (tertiary/aromatic N) is 1. The van der Waals surface area contributed by atoms with Crippen LogP contribution in [0.4, 0.5) is 0 Å². The molecular weight excluding hydrogens is 340 g/mol. The number of likely N-dealkylation sites (tertiary alicyclic amines) is 1. The first-order chi connectivity index (χ1) is 13.0. The van der Waals surface area contributed by atoms with Gasteiger partial charge in [0.2, 0.25) is 11.8 Å². The Hall–Kier alpha value is -2.30. The average molecular weight is 373 g/mol. The van der Waals surface area contributed by atoms with E-state index in [9.17, 15) is 9.59 Å². The topological polar surface area (TPSA) is 58.6 Å². The molecule has 0 spiro atoms. The second kappa shape index (κ2) is 10.8. The molecule has 0 aromatic heterocycles. The number of hydrogen-bond donors (Lipinski definition) is 1. The molecule has 1 saturated heterocycles. The molecule has 0 atom stereocenters. The molecule has 2 amide bonds. The van der Waals surface area contributed by atoms with Gasteiger partial charge in [-0.25, -0.2) is 0 Å². The molecule has 0 radical (unpaired) electrons. The number of ether oxygens (including phenoxy) is 1. The zero-order valence-electron chi connectivity index (χ0n) is 16.7. The lowest BCUT2D eigenvalue weighted by Gasteiger charge is -2.32. The minimum absolute atomic E-state index is 0.00671. The normalized spacial score (nSPS) is 15.3. The maximum absolute atomic E-state index is 12.5. The number of carbonyl (C=O) groups excluding carboxylic acids is 2. The van der Waals surface area contributed by atoms with Crippen LogP contribution in [0, 0.1) is 5.92 Å². The average Bonchev–Trinajstić information content (AvgIpc) is 2.65. The molecule has 1 aromatic rings. The molecule has 1 aromatic carbocycles. The van der Waals surface area contributed by atoms with Crippen molar-refractivity contribution in [2.24, 2.45) is 5.92 Å². The SMILES string of the molecule is CCCOc1ccccc1C=CC(=O)N1CCC(NC(=O)CC(C)C)CC1. The van der Waals surface area contributed by atoms with Crippen LogP contribution in [0.2, 0.25) is 0 Å². The molecule has 0 bridgehead atoms. The Bertz CT molecular complexity index is 647. The standard InChI is InChI=1S/C22H32N2O3/c1-4-15-27-20-8-6-5-7-18(20)9-10-22(26)24-13-11-19(12-14-24)23-21(25)16-17(2)3/h5-10,17,19H,4,11-16H2,1-3H3,(H,23,25). The van der Waals surface area contributed by atoms with Crippen molar-refractivity contribution in [2.75, 3.05) is 19.7 Å². The lowest BCUT2D eigenvalue weighted by molar-refractivity contribution is -0.127. The number of carbonyl (C=O) groups is 2. The third-order valence-corrected chi connectivity index (χ3v) is 4.55. The minimum Gasteiger partial charge on any atom is -0.493 e. The van der Waals surface area contributed by atoms with Crippen molar-refractivity contribution in [3.63, 3.8) is 0 Å². The molecule has 5 heteroatoms. The molecule has 0 saturated carbocycles. The molecule has 1 heterocycles. The summed E-state index contributed by atoms with van der Waals surface area (Å²) >= 11 is 0. The van der Waals surface area contributed by atoms with E-state index in [4.69, 9.17) is 4.74 Å². The first kappa shape index (κ1) is 21.0. The van der Waals surface area contributed by atoms with Gasteiger partial charge in [0.1, 0.15) is 5.75 Å². The molecule has 1 aliphatic rings. The summed E-state index contributed by atoms with van der Waals surface area (Å²) in [5.41, 5.74) is 0.912. The van der Waals surface area contributed by atoms with E-state index in [1.807, 2.05) is 49.1 Å². The van der Waals surface area contributed by atoms with Crippen LogP contribution in [0.5, 0.6) is 5.75 Å². The minimum atomic E-state index is 0.00671. The number of piperidine rings is 1. The number of amides is 2. The fourth-order valence-electron chi connectivity index (χ4n) is 3.13. The second-order valence-electron chi connectivity index (χ2n) is 7.48. The Morgan fingerprint density at radius 2 is 1.96 bits per heavy atom. The number of nitrogens with one attached hydrogen (secondary N) is 1. The van der Waals surface area contributed by atoms with Gasteiger partial charge in [-0.2, -0.15) is 0 Å². The second-order valence-corrected chi connectivity index (χ2v) is 7.48. The van der Waals surface area contributed by atoms with Crippen LogP contribution in [-0.4, -0.2) is 42.5 Å². The Morgan fingerprint density at radius 3 is 2.63 bits per heavy atom. The molecule has 1 aliphatic heterocycles. The van der Waals surface area contributed by atoms with Crippen molar-refractivity contribution in [3.8, 4) is 5.75 Å². The van der Waals surface area contributed by atoms with Crippen LogP contribution < -0.4 is 10.1 Å². The zero-order valence-corrected chi connectivity index (χ0v) is 16.7. The summed E-state index contributed by atoms with van der Waals surface area (Å²) in [4.78, 5) is 26.2. The Labute approximate surface area is 162 Å². The molecule has 1 fully saturated rings. The zero-order chi connectivity index (χ0) is 19.6. The third kappa shape index (κ3) is 7.08. The predicted molar refractivity (Wildman–Crippen MR) is 108 cm³/mol. The van der Waals surface area contributed by atoms with E-state index in [0.29, 0.717) is 32.0 Å². The maximum atomic E-state index is 12.5. The highest BCUT2D eigenvalue weighted by Gasteiger charge is 2.22. The van der Waals surface area contributed by atoms with Crippen LogP contribution in [0.15, 0.2) is 30.3 Å². The quantitative estimate of drug-likeness (QED) is 0.709. The van der Waals surface area contributed by atoms with Crippen LogP contribution in [0.1, 0.15) is 52.0 Å². The van der Waals surface area contributed by atoms with Crippen LogP contribution in [0.3, 0.4) is 0 Å². The van der Waals surface area contributed by atoms with Crippen LogP contribution in [-0.2, 0) is 9.59 Å². The van der Waals surface area contributed by atoms with Crippen molar-refractivity contribution in [3.05, 3.63) is 35.9 Å². The van der Waals surface area contributed by atoms with Crippen molar-refractivity contribution < 1.29 is 14.3 Å². The van der Waals surface area contributed by atoms with Crippen molar-refractivity contribution >= 4 is 17.9 Å². The van der Waals surface area contributed by atoms with E-state index in [1.54, 1.807) is 6.08 Å². The van der Waals surface area contributed by atoms with Gasteiger partial charge < -0.3 is 15.0 Å². The molecule has 27 heavy (non-hydrogen) atoms. The third-order valence-electron chi connectivity index (χ3n) is 4.55. The first-order valence-electron chi connectivity index (χ1n) is 9.97. The van der Waals surface area contributed by atoms with E-state index in [0.717, 1.165) is 30.6 Å². The summed E-state index contributed by atoms with van der Waals surface area (Å²) in [6.07, 6.45) is 6.55. The monoisotopic (exact) mass is 372 g/mol. The molecule has 2 rings (SSSR count). The van der Waals surface area contributed by atoms with E-state index in [-0.39, 0.29) is 17.9 Å². The van der Waals surface area contributed by atoms with Crippen LogP contribution in [0.25, 0.3) is 6.08 Å². The highest BCUT2D eigenvalue weighted by Crippen LogP contribution is 2.20. The first-order valence-corrected chi connectivity index (χ1v) is 9.97. The predicted octanol–water partition coefficient (Wildman–Crippen LogP) is 3.64. The summed E-state index contributed by atoms with van der Waals surface area (Å²) < 4.78 is 5.73. The Balaban J connectivity index is 1.84. The molecule has 0 unspecified atom stereocenters. The number of rotatable bonds is 8. The van der Waals surface area contributed by atoms with Gasteiger partial charge in [-0.1, -0.05) is 39.0 Å². The summed E-state index contributed by atoms with van der Waals surface area (Å²) in [6.45, 7) is 8.15. The van der Waals surface area contributed by atoms with Gasteiger partial charge in [0.25, 0.3) is 0 Å². The molecular formula is C22H32N2O3. The Morgan fingerprint density at radius 1 is 1.26 bits per heavy atom. The summed E-state index contributed by atoms with van der Waals surface area (Å²) in [5.74, 6) is 1.28. The Kier molecular flexibility index (Phi) is 8.37. The van der Waals surface area contributed by atoms with Gasteiger partial charge in [-0.05, 0) is 37.3 Å². The van der Waals surface area contributed by atoms with Gasteiger partial charge in [-0.15, -0.1) is 0 Å². The van der Waals surface area contributed by atoms with E-state index in [1.165, 1.54) is 0 Å². The van der Waals surface area contributed by atoms with Crippen molar-refractivity contribution in [1.82, 2.24) is 10.2 Å². The van der Waals surface area contributed by atoms with Gasteiger partial charge in [0.05, 0.1) is 6.61 Å². The highest BCUT2D eigenvalue weighted by atomic mass is 16.5. The number of para-hydroxylation sites is 1. The molecule has 1 N–H and O–H groups in total. The van der Waals surface area contributed by atoms with Gasteiger partial charge >= 0.3 is 0 Å².